The minimum atomic E-state index is 0.0980. The third kappa shape index (κ3) is 3.24. The van der Waals surface area contributed by atoms with E-state index < -0.39 is 0 Å². The molecule has 1 aromatic carbocycles. The molecule has 15 heavy (non-hydrogen) atoms. The third-order valence-electron chi connectivity index (χ3n) is 1.99. The SMILES string of the molecule is CC(CO)Sc1ccc(CN)cc1C#N. The van der Waals surface area contributed by atoms with Gasteiger partial charge in [-0.1, -0.05) is 13.0 Å². The van der Waals surface area contributed by atoms with Gasteiger partial charge in [0.05, 0.1) is 12.2 Å². The lowest BCUT2D eigenvalue weighted by atomic mass is 10.1. The smallest absolute Gasteiger partial charge is 0.100 e. The van der Waals surface area contributed by atoms with E-state index in [1.54, 1.807) is 6.07 Å². The lowest BCUT2D eigenvalue weighted by Gasteiger charge is -2.09. The molecule has 0 aromatic heterocycles. The Kier molecular flexibility index (Phi) is 4.63. The van der Waals surface area contributed by atoms with E-state index in [1.165, 1.54) is 11.8 Å². The van der Waals surface area contributed by atoms with Crippen LogP contribution in [0.5, 0.6) is 0 Å². The first-order chi connectivity index (χ1) is 7.21. The van der Waals surface area contributed by atoms with Gasteiger partial charge >= 0.3 is 0 Å². The first-order valence-electron chi connectivity index (χ1n) is 4.72. The van der Waals surface area contributed by atoms with Crippen molar-refractivity contribution in [1.29, 1.82) is 5.26 Å². The first-order valence-corrected chi connectivity index (χ1v) is 5.59. The minimum Gasteiger partial charge on any atom is -0.395 e. The fourth-order valence-electron chi connectivity index (χ4n) is 1.15. The molecular formula is C11H14N2OS. The molecule has 0 saturated heterocycles. The van der Waals surface area contributed by atoms with Gasteiger partial charge in [0.2, 0.25) is 0 Å². The summed E-state index contributed by atoms with van der Waals surface area (Å²) < 4.78 is 0. The highest BCUT2D eigenvalue weighted by Crippen LogP contribution is 2.26. The van der Waals surface area contributed by atoms with Crippen molar-refractivity contribution in [2.45, 2.75) is 23.6 Å². The Morgan fingerprint density at radius 3 is 2.87 bits per heavy atom. The largest absolute Gasteiger partial charge is 0.395 e. The summed E-state index contributed by atoms with van der Waals surface area (Å²) in [6.45, 7) is 2.46. The zero-order valence-electron chi connectivity index (χ0n) is 8.60. The molecule has 80 valence electrons. The molecule has 1 atom stereocenters. The van der Waals surface area contributed by atoms with E-state index in [0.717, 1.165) is 10.5 Å². The van der Waals surface area contributed by atoms with Crippen LogP contribution in [0.4, 0.5) is 0 Å². The molecule has 0 bridgehead atoms. The van der Waals surface area contributed by atoms with E-state index in [0.29, 0.717) is 12.1 Å². The Morgan fingerprint density at radius 1 is 1.60 bits per heavy atom. The average molecular weight is 222 g/mol. The number of nitrogens with two attached hydrogens (primary N) is 1. The number of rotatable bonds is 4. The van der Waals surface area contributed by atoms with Crippen LogP contribution in [0.3, 0.4) is 0 Å². The van der Waals surface area contributed by atoms with Crippen molar-refractivity contribution in [3.63, 3.8) is 0 Å². The maximum atomic E-state index is 8.96. The van der Waals surface area contributed by atoms with E-state index in [1.807, 2.05) is 19.1 Å². The number of benzene rings is 1. The molecule has 0 aliphatic rings. The highest BCUT2D eigenvalue weighted by atomic mass is 32.2. The highest BCUT2D eigenvalue weighted by Gasteiger charge is 2.08. The second-order valence-corrected chi connectivity index (χ2v) is 4.74. The van der Waals surface area contributed by atoms with Gasteiger partial charge in [-0.3, -0.25) is 0 Å². The van der Waals surface area contributed by atoms with Crippen LogP contribution >= 0.6 is 11.8 Å². The monoisotopic (exact) mass is 222 g/mol. The maximum Gasteiger partial charge on any atom is 0.100 e. The van der Waals surface area contributed by atoms with Crippen LogP contribution in [0.15, 0.2) is 23.1 Å². The van der Waals surface area contributed by atoms with Gasteiger partial charge in [0.15, 0.2) is 0 Å². The molecule has 0 spiro atoms. The summed E-state index contributed by atoms with van der Waals surface area (Å²) in [7, 11) is 0. The van der Waals surface area contributed by atoms with Crippen LogP contribution in [-0.2, 0) is 6.54 Å². The highest BCUT2D eigenvalue weighted by molar-refractivity contribution is 8.00. The Hall–Kier alpha value is -1.02. The Morgan fingerprint density at radius 2 is 2.33 bits per heavy atom. The lowest BCUT2D eigenvalue weighted by Crippen LogP contribution is -2.03. The van der Waals surface area contributed by atoms with Crippen LogP contribution in [0.2, 0.25) is 0 Å². The molecule has 1 rings (SSSR count). The van der Waals surface area contributed by atoms with Crippen molar-refractivity contribution in [2.24, 2.45) is 5.73 Å². The summed E-state index contributed by atoms with van der Waals surface area (Å²) in [5.74, 6) is 0. The second kappa shape index (κ2) is 5.76. The Labute approximate surface area is 93.9 Å². The number of aliphatic hydroxyl groups is 1. The van der Waals surface area contributed by atoms with Crippen molar-refractivity contribution >= 4 is 11.8 Å². The summed E-state index contributed by atoms with van der Waals surface area (Å²) in [5.41, 5.74) is 7.07. The predicted octanol–water partition coefficient (Wildman–Crippen LogP) is 1.49. The molecule has 1 aromatic rings. The quantitative estimate of drug-likeness (QED) is 0.757. The molecule has 0 heterocycles. The van der Waals surface area contributed by atoms with Crippen molar-refractivity contribution in [2.75, 3.05) is 6.61 Å². The molecule has 0 saturated carbocycles. The average Bonchev–Trinajstić information content (AvgIpc) is 2.29. The fourth-order valence-corrected chi connectivity index (χ4v) is 2.03. The van der Waals surface area contributed by atoms with Crippen LogP contribution in [-0.4, -0.2) is 17.0 Å². The molecule has 3 N–H and O–H groups in total. The number of thioether (sulfide) groups is 1. The number of aliphatic hydroxyl groups excluding tert-OH is 1. The Bertz CT molecular complexity index is 373. The molecular weight excluding hydrogens is 208 g/mol. The summed E-state index contributed by atoms with van der Waals surface area (Å²) in [6.07, 6.45) is 0. The van der Waals surface area contributed by atoms with E-state index in [9.17, 15) is 0 Å². The maximum absolute atomic E-state index is 8.96. The fraction of sp³-hybridized carbons (Fsp3) is 0.364. The van der Waals surface area contributed by atoms with Gasteiger partial charge in [-0.05, 0) is 17.7 Å². The van der Waals surface area contributed by atoms with Crippen LogP contribution in [0, 0.1) is 11.3 Å². The van der Waals surface area contributed by atoms with Gasteiger partial charge in [-0.15, -0.1) is 11.8 Å². The molecule has 0 fully saturated rings. The van der Waals surface area contributed by atoms with E-state index in [4.69, 9.17) is 16.1 Å². The molecule has 0 amide bonds. The van der Waals surface area contributed by atoms with Gasteiger partial charge in [0, 0.05) is 16.7 Å². The van der Waals surface area contributed by atoms with Gasteiger partial charge in [0.1, 0.15) is 6.07 Å². The summed E-state index contributed by atoms with van der Waals surface area (Å²) >= 11 is 1.50. The number of nitrogens with zero attached hydrogens (tertiary/aromatic N) is 1. The number of nitriles is 1. The number of hydrogen-bond donors (Lipinski definition) is 2. The minimum absolute atomic E-state index is 0.0980. The van der Waals surface area contributed by atoms with E-state index >= 15 is 0 Å². The second-order valence-electron chi connectivity index (χ2n) is 3.26. The van der Waals surface area contributed by atoms with Crippen LogP contribution < -0.4 is 5.73 Å². The molecule has 0 aliphatic heterocycles. The van der Waals surface area contributed by atoms with Gasteiger partial charge in [0.25, 0.3) is 0 Å². The Balaban J connectivity index is 2.94. The zero-order valence-corrected chi connectivity index (χ0v) is 9.42. The van der Waals surface area contributed by atoms with Gasteiger partial charge in [-0.2, -0.15) is 5.26 Å². The van der Waals surface area contributed by atoms with Crippen molar-refractivity contribution in [3.8, 4) is 6.07 Å². The van der Waals surface area contributed by atoms with Crippen LogP contribution in [0.25, 0.3) is 0 Å². The van der Waals surface area contributed by atoms with Crippen molar-refractivity contribution in [3.05, 3.63) is 29.3 Å². The van der Waals surface area contributed by atoms with Crippen LogP contribution in [0.1, 0.15) is 18.1 Å². The van der Waals surface area contributed by atoms with Gasteiger partial charge < -0.3 is 10.8 Å². The van der Waals surface area contributed by atoms with Crippen molar-refractivity contribution in [1.82, 2.24) is 0 Å². The normalized spacial score (nSPS) is 12.1. The first kappa shape index (κ1) is 12.1. The lowest BCUT2D eigenvalue weighted by molar-refractivity contribution is 0.300. The molecule has 3 nitrogen and oxygen atoms in total. The molecule has 0 radical (unpaired) electrons. The summed E-state index contributed by atoms with van der Waals surface area (Å²) in [5, 5.41) is 18.0. The van der Waals surface area contributed by atoms with Crippen molar-refractivity contribution < 1.29 is 5.11 Å². The molecule has 4 heteroatoms. The summed E-state index contributed by atoms with van der Waals surface area (Å²) in [4.78, 5) is 0.899. The number of hydrogen-bond acceptors (Lipinski definition) is 4. The molecule has 1 unspecified atom stereocenters. The standard InChI is InChI=1S/C11H14N2OS/c1-8(7-14)15-11-3-2-9(5-12)4-10(11)6-13/h2-4,8,14H,5,7,12H2,1H3. The van der Waals surface area contributed by atoms with Gasteiger partial charge in [-0.25, -0.2) is 0 Å². The topological polar surface area (TPSA) is 70.0 Å². The third-order valence-corrected chi connectivity index (χ3v) is 3.15. The zero-order chi connectivity index (χ0) is 11.3. The predicted molar refractivity (Wildman–Crippen MR) is 61.5 cm³/mol. The molecule has 0 aliphatic carbocycles. The summed E-state index contributed by atoms with van der Waals surface area (Å²) in [6, 6.07) is 7.74. The van der Waals surface area contributed by atoms with E-state index in [2.05, 4.69) is 6.07 Å². The van der Waals surface area contributed by atoms with E-state index in [-0.39, 0.29) is 11.9 Å².